The number of carbonyl (C=O) groups is 1. The fourth-order valence-corrected chi connectivity index (χ4v) is 2.04. The molecule has 1 aromatic rings. The molecular weight excluding hydrogens is 310 g/mol. The Balaban J connectivity index is 0.00000324. The molecule has 0 fully saturated rings. The number of rotatable bonds is 6. The lowest BCUT2D eigenvalue weighted by molar-refractivity contribution is -0.122. The Morgan fingerprint density at radius 1 is 1.58 bits per heavy atom. The van der Waals surface area contributed by atoms with E-state index in [-0.39, 0.29) is 23.3 Å². The number of hydrogen-bond donors (Lipinski definition) is 2. The molecule has 0 bridgehead atoms. The lowest BCUT2D eigenvalue weighted by Crippen LogP contribution is -2.40. The summed E-state index contributed by atoms with van der Waals surface area (Å²) in [7, 11) is 0. The van der Waals surface area contributed by atoms with Crippen molar-refractivity contribution >= 4 is 41.7 Å². The van der Waals surface area contributed by atoms with Crippen LogP contribution in [0, 0.1) is 5.82 Å². The van der Waals surface area contributed by atoms with E-state index in [1.165, 1.54) is 12.1 Å². The highest BCUT2D eigenvalue weighted by Gasteiger charge is 2.12. The van der Waals surface area contributed by atoms with Crippen LogP contribution in [0.25, 0.3) is 0 Å². The van der Waals surface area contributed by atoms with Crippen LogP contribution in [0.15, 0.2) is 18.2 Å². The van der Waals surface area contributed by atoms with Gasteiger partial charge in [0.25, 0.3) is 0 Å². The quantitative estimate of drug-likeness (QED) is 0.844. The summed E-state index contributed by atoms with van der Waals surface area (Å²) < 4.78 is 12.9. The van der Waals surface area contributed by atoms with Gasteiger partial charge in [-0.2, -0.15) is 11.8 Å². The molecule has 0 spiro atoms. The predicted molar refractivity (Wildman–Crippen MR) is 81.5 cm³/mol. The van der Waals surface area contributed by atoms with Crippen molar-refractivity contribution in [1.82, 2.24) is 5.32 Å². The molecule has 1 atom stereocenters. The highest BCUT2D eigenvalue weighted by molar-refractivity contribution is 7.98. The van der Waals surface area contributed by atoms with Gasteiger partial charge in [-0.1, -0.05) is 17.7 Å². The van der Waals surface area contributed by atoms with E-state index >= 15 is 0 Å². The second kappa shape index (κ2) is 9.42. The minimum absolute atomic E-state index is 0. The highest BCUT2D eigenvalue weighted by atomic mass is 35.5. The molecule has 1 rings (SSSR count). The summed E-state index contributed by atoms with van der Waals surface area (Å²) in [6.45, 7) is 0.297. The van der Waals surface area contributed by atoms with Gasteiger partial charge in [-0.15, -0.1) is 12.4 Å². The van der Waals surface area contributed by atoms with Crippen LogP contribution >= 0.6 is 35.8 Å². The van der Waals surface area contributed by atoms with Gasteiger partial charge in [-0.25, -0.2) is 4.39 Å². The number of halogens is 3. The van der Waals surface area contributed by atoms with E-state index in [2.05, 4.69) is 5.32 Å². The third kappa shape index (κ3) is 6.47. The maximum atomic E-state index is 12.9. The van der Waals surface area contributed by atoms with Crippen molar-refractivity contribution in [2.75, 3.05) is 12.0 Å². The summed E-state index contributed by atoms with van der Waals surface area (Å²) >= 11 is 7.29. The number of carbonyl (C=O) groups excluding carboxylic acids is 1. The monoisotopic (exact) mass is 326 g/mol. The van der Waals surface area contributed by atoms with Gasteiger partial charge in [0.1, 0.15) is 5.82 Å². The van der Waals surface area contributed by atoms with Gasteiger partial charge in [-0.3, -0.25) is 4.79 Å². The highest BCUT2D eigenvalue weighted by Crippen LogP contribution is 2.15. The molecule has 3 N–H and O–H groups in total. The van der Waals surface area contributed by atoms with Gasteiger partial charge < -0.3 is 11.1 Å². The van der Waals surface area contributed by atoms with Gasteiger partial charge in [0, 0.05) is 6.54 Å². The average molecular weight is 327 g/mol. The second-order valence-electron chi connectivity index (χ2n) is 3.85. The summed E-state index contributed by atoms with van der Waals surface area (Å²) in [6, 6.07) is 3.84. The molecule has 3 nitrogen and oxygen atoms in total. The van der Waals surface area contributed by atoms with Crippen molar-refractivity contribution < 1.29 is 9.18 Å². The number of benzene rings is 1. The van der Waals surface area contributed by atoms with Crippen molar-refractivity contribution in [3.8, 4) is 0 Å². The average Bonchev–Trinajstić information content (AvgIpc) is 2.36. The SMILES string of the molecule is CSCC[C@H](N)C(=O)NCc1ccc(F)c(Cl)c1.Cl. The largest absolute Gasteiger partial charge is 0.351 e. The first-order valence-electron chi connectivity index (χ1n) is 5.50. The predicted octanol–water partition coefficient (Wildman–Crippen LogP) is 2.60. The van der Waals surface area contributed by atoms with Gasteiger partial charge in [0.05, 0.1) is 11.1 Å². The molecule has 0 aliphatic carbocycles. The van der Waals surface area contributed by atoms with Crippen molar-refractivity contribution in [2.24, 2.45) is 5.73 Å². The molecule has 1 aromatic carbocycles. The van der Waals surface area contributed by atoms with Crippen LogP contribution in [-0.2, 0) is 11.3 Å². The molecule has 19 heavy (non-hydrogen) atoms. The van der Waals surface area contributed by atoms with Gasteiger partial charge in [0.15, 0.2) is 0 Å². The molecular formula is C12H17Cl2FN2OS. The number of hydrogen-bond acceptors (Lipinski definition) is 3. The van der Waals surface area contributed by atoms with Crippen molar-refractivity contribution in [2.45, 2.75) is 19.0 Å². The smallest absolute Gasteiger partial charge is 0.237 e. The first-order chi connectivity index (χ1) is 8.54. The zero-order valence-electron chi connectivity index (χ0n) is 10.5. The minimum Gasteiger partial charge on any atom is -0.351 e. The summed E-state index contributed by atoms with van der Waals surface area (Å²) in [5.74, 6) is 0.171. The molecule has 0 radical (unpaired) electrons. The summed E-state index contributed by atoms with van der Waals surface area (Å²) in [6.07, 6.45) is 2.60. The van der Waals surface area contributed by atoms with E-state index in [9.17, 15) is 9.18 Å². The maximum absolute atomic E-state index is 12.9. The van der Waals surface area contributed by atoms with Crippen LogP contribution in [0.4, 0.5) is 4.39 Å². The maximum Gasteiger partial charge on any atom is 0.237 e. The van der Waals surface area contributed by atoms with Gasteiger partial charge in [0.2, 0.25) is 5.91 Å². The number of thioether (sulfide) groups is 1. The summed E-state index contributed by atoms with van der Waals surface area (Å²) in [5, 5.41) is 2.75. The van der Waals surface area contributed by atoms with Crippen molar-refractivity contribution in [3.05, 3.63) is 34.6 Å². The van der Waals surface area contributed by atoms with E-state index in [0.717, 1.165) is 11.3 Å². The fourth-order valence-electron chi connectivity index (χ4n) is 1.35. The Hall–Kier alpha value is -0.490. The molecule has 0 heterocycles. The van der Waals surface area contributed by atoms with E-state index in [1.54, 1.807) is 17.8 Å². The lowest BCUT2D eigenvalue weighted by atomic mass is 10.2. The van der Waals surface area contributed by atoms with Crippen LogP contribution < -0.4 is 11.1 Å². The van der Waals surface area contributed by atoms with Crippen molar-refractivity contribution in [1.29, 1.82) is 0 Å². The summed E-state index contributed by atoms with van der Waals surface area (Å²) in [5.41, 5.74) is 6.45. The first kappa shape index (κ1) is 18.5. The van der Waals surface area contributed by atoms with Gasteiger partial charge in [-0.05, 0) is 36.1 Å². The van der Waals surface area contributed by atoms with Crippen LogP contribution in [0.5, 0.6) is 0 Å². The van der Waals surface area contributed by atoms with E-state index in [0.29, 0.717) is 13.0 Å². The molecule has 0 aliphatic rings. The molecule has 108 valence electrons. The standard InChI is InChI=1S/C12H16ClFN2OS.ClH/c1-18-5-4-11(15)12(17)16-7-8-2-3-10(14)9(13)6-8;/h2-3,6,11H,4-5,7,15H2,1H3,(H,16,17);1H/t11-;/m0./s1. The Labute approximate surface area is 127 Å². The molecule has 1 amide bonds. The third-order valence-corrected chi connectivity index (χ3v) is 3.35. The second-order valence-corrected chi connectivity index (χ2v) is 5.25. The number of amides is 1. The Bertz CT molecular complexity index is 421. The minimum atomic E-state index is -0.506. The van der Waals surface area contributed by atoms with Crippen LogP contribution in [-0.4, -0.2) is 24.0 Å². The zero-order valence-corrected chi connectivity index (χ0v) is 12.9. The first-order valence-corrected chi connectivity index (χ1v) is 7.28. The third-order valence-electron chi connectivity index (χ3n) is 2.42. The molecule has 0 aliphatic heterocycles. The van der Waals surface area contributed by atoms with Crippen LogP contribution in [0.1, 0.15) is 12.0 Å². The molecule has 0 unspecified atom stereocenters. The number of nitrogens with one attached hydrogen (secondary N) is 1. The molecule has 0 saturated carbocycles. The van der Waals surface area contributed by atoms with Crippen LogP contribution in [0.3, 0.4) is 0 Å². The lowest BCUT2D eigenvalue weighted by Gasteiger charge is -2.11. The molecule has 7 heteroatoms. The normalized spacial score (nSPS) is 11.6. The topological polar surface area (TPSA) is 55.1 Å². The van der Waals surface area contributed by atoms with Crippen molar-refractivity contribution in [3.63, 3.8) is 0 Å². The Kier molecular flexibility index (Phi) is 9.18. The Morgan fingerprint density at radius 3 is 2.84 bits per heavy atom. The van der Waals surface area contributed by atoms with Gasteiger partial charge >= 0.3 is 0 Å². The molecule has 0 aromatic heterocycles. The fraction of sp³-hybridized carbons (Fsp3) is 0.417. The van der Waals surface area contributed by atoms with E-state index in [1.807, 2.05) is 6.26 Å². The summed E-state index contributed by atoms with van der Waals surface area (Å²) in [4.78, 5) is 11.6. The molecule has 0 saturated heterocycles. The van der Waals surface area contributed by atoms with E-state index < -0.39 is 11.9 Å². The Morgan fingerprint density at radius 2 is 2.26 bits per heavy atom. The number of nitrogens with two attached hydrogens (primary N) is 1. The zero-order chi connectivity index (χ0) is 13.5. The van der Waals surface area contributed by atoms with Crippen LogP contribution in [0.2, 0.25) is 5.02 Å². The van der Waals surface area contributed by atoms with E-state index in [4.69, 9.17) is 17.3 Å².